The molecule has 0 aliphatic heterocycles. The van der Waals surface area contributed by atoms with E-state index in [9.17, 15) is 4.79 Å². The van der Waals surface area contributed by atoms with Gasteiger partial charge in [-0.1, -0.05) is 68.1 Å². The summed E-state index contributed by atoms with van der Waals surface area (Å²) < 4.78 is 1.65. The van der Waals surface area contributed by atoms with E-state index in [1.165, 1.54) is 17.3 Å². The van der Waals surface area contributed by atoms with Gasteiger partial charge in [0.1, 0.15) is 0 Å². The first-order chi connectivity index (χ1) is 14.1. The number of amides is 1. The van der Waals surface area contributed by atoms with E-state index in [2.05, 4.69) is 46.8 Å². The molecule has 4 aromatic rings. The second-order valence-electron chi connectivity index (χ2n) is 7.02. The Morgan fingerprint density at radius 2 is 1.79 bits per heavy atom. The number of carbonyl (C=O) groups is 1. The van der Waals surface area contributed by atoms with E-state index in [4.69, 9.17) is 0 Å². The quantitative estimate of drug-likeness (QED) is 0.474. The van der Waals surface area contributed by atoms with Crippen molar-refractivity contribution < 1.29 is 4.79 Å². The molecule has 3 aromatic carbocycles. The second kappa shape index (κ2) is 8.45. The van der Waals surface area contributed by atoms with E-state index >= 15 is 0 Å². The monoisotopic (exact) mass is 403 g/mol. The lowest BCUT2D eigenvalue weighted by Gasteiger charge is -2.08. The SMILES string of the molecule is CC(C)c1ccc(-n2nnnc2SCC(=O)Nc2ccc3ccccc3c2)cc1. The van der Waals surface area contributed by atoms with Crippen molar-refractivity contribution in [2.24, 2.45) is 0 Å². The number of carbonyl (C=O) groups excluding carboxylic acids is 1. The van der Waals surface area contributed by atoms with Crippen molar-refractivity contribution in [2.75, 3.05) is 11.1 Å². The van der Waals surface area contributed by atoms with Crippen LogP contribution in [0.2, 0.25) is 0 Å². The second-order valence-corrected chi connectivity index (χ2v) is 7.96. The molecule has 0 atom stereocenters. The Kier molecular flexibility index (Phi) is 5.57. The van der Waals surface area contributed by atoms with Gasteiger partial charge in [-0.25, -0.2) is 0 Å². The summed E-state index contributed by atoms with van der Waals surface area (Å²) in [4.78, 5) is 12.4. The fourth-order valence-corrected chi connectivity index (χ4v) is 3.72. The van der Waals surface area contributed by atoms with Gasteiger partial charge in [-0.2, -0.15) is 4.68 Å². The molecule has 1 amide bonds. The Bertz CT molecular complexity index is 1140. The van der Waals surface area contributed by atoms with Crippen LogP contribution in [0.15, 0.2) is 71.9 Å². The van der Waals surface area contributed by atoms with Gasteiger partial charge in [-0.3, -0.25) is 4.79 Å². The van der Waals surface area contributed by atoms with Crippen LogP contribution in [-0.4, -0.2) is 31.9 Å². The highest BCUT2D eigenvalue weighted by Gasteiger charge is 2.12. The number of aromatic nitrogens is 4. The molecule has 29 heavy (non-hydrogen) atoms. The molecule has 146 valence electrons. The van der Waals surface area contributed by atoms with Gasteiger partial charge in [0.2, 0.25) is 11.1 Å². The molecule has 0 unspecified atom stereocenters. The minimum Gasteiger partial charge on any atom is -0.325 e. The summed E-state index contributed by atoms with van der Waals surface area (Å²) in [6.07, 6.45) is 0. The highest BCUT2D eigenvalue weighted by molar-refractivity contribution is 7.99. The number of benzene rings is 3. The maximum Gasteiger partial charge on any atom is 0.234 e. The van der Waals surface area contributed by atoms with Crippen LogP contribution in [-0.2, 0) is 4.79 Å². The van der Waals surface area contributed by atoms with Crippen LogP contribution >= 0.6 is 11.8 Å². The van der Waals surface area contributed by atoms with Gasteiger partial charge in [0.25, 0.3) is 0 Å². The predicted molar refractivity (Wildman–Crippen MR) is 117 cm³/mol. The summed E-state index contributed by atoms with van der Waals surface area (Å²) >= 11 is 1.30. The minimum atomic E-state index is -0.102. The molecule has 0 spiro atoms. The molecule has 7 heteroatoms. The highest BCUT2D eigenvalue weighted by atomic mass is 32.2. The number of fused-ring (bicyclic) bond motifs is 1. The zero-order valence-corrected chi connectivity index (χ0v) is 17.1. The molecule has 0 aliphatic carbocycles. The molecule has 6 nitrogen and oxygen atoms in total. The smallest absolute Gasteiger partial charge is 0.234 e. The number of rotatable bonds is 6. The molecule has 1 heterocycles. The summed E-state index contributed by atoms with van der Waals surface area (Å²) in [7, 11) is 0. The van der Waals surface area contributed by atoms with Crippen LogP contribution in [0, 0.1) is 0 Å². The highest BCUT2D eigenvalue weighted by Crippen LogP contribution is 2.22. The zero-order chi connectivity index (χ0) is 20.2. The minimum absolute atomic E-state index is 0.102. The molecular weight excluding hydrogens is 382 g/mol. The Hall–Kier alpha value is -3.19. The van der Waals surface area contributed by atoms with Crippen molar-refractivity contribution in [1.82, 2.24) is 20.2 Å². The molecule has 1 aromatic heterocycles. The summed E-state index contributed by atoms with van der Waals surface area (Å²) in [5, 5.41) is 17.6. The number of nitrogens with one attached hydrogen (secondary N) is 1. The lowest BCUT2D eigenvalue weighted by Crippen LogP contribution is -2.14. The van der Waals surface area contributed by atoms with Crippen LogP contribution < -0.4 is 5.32 Å². The number of thioether (sulfide) groups is 1. The van der Waals surface area contributed by atoms with Crippen molar-refractivity contribution in [2.45, 2.75) is 24.9 Å². The zero-order valence-electron chi connectivity index (χ0n) is 16.2. The third-order valence-electron chi connectivity index (χ3n) is 4.61. The Balaban J connectivity index is 1.41. The molecule has 0 saturated carbocycles. The van der Waals surface area contributed by atoms with Gasteiger partial charge < -0.3 is 5.32 Å². The summed E-state index contributed by atoms with van der Waals surface area (Å²) in [6, 6.07) is 22.1. The lowest BCUT2D eigenvalue weighted by atomic mass is 10.0. The summed E-state index contributed by atoms with van der Waals surface area (Å²) in [5.74, 6) is 0.581. The molecule has 1 N–H and O–H groups in total. The largest absolute Gasteiger partial charge is 0.325 e. The van der Waals surface area contributed by atoms with Crippen LogP contribution in [0.3, 0.4) is 0 Å². The van der Waals surface area contributed by atoms with E-state index < -0.39 is 0 Å². The summed E-state index contributed by atoms with van der Waals surface area (Å²) in [5.41, 5.74) is 2.90. The molecule has 0 aliphatic rings. The van der Waals surface area contributed by atoms with E-state index in [1.54, 1.807) is 4.68 Å². The number of anilines is 1. The lowest BCUT2D eigenvalue weighted by molar-refractivity contribution is -0.113. The van der Waals surface area contributed by atoms with E-state index in [0.29, 0.717) is 11.1 Å². The van der Waals surface area contributed by atoms with Crippen LogP contribution in [0.25, 0.3) is 16.5 Å². The first kappa shape index (κ1) is 19.1. The van der Waals surface area contributed by atoms with Crippen molar-refractivity contribution in [3.05, 3.63) is 72.3 Å². The van der Waals surface area contributed by atoms with Gasteiger partial charge in [0.05, 0.1) is 11.4 Å². The molecule has 0 radical (unpaired) electrons. The maximum absolute atomic E-state index is 12.4. The number of hydrogen-bond donors (Lipinski definition) is 1. The molecule has 0 fully saturated rings. The van der Waals surface area contributed by atoms with Crippen molar-refractivity contribution in [3.63, 3.8) is 0 Å². The summed E-state index contributed by atoms with van der Waals surface area (Å²) in [6.45, 7) is 4.31. The molecule has 0 saturated heterocycles. The Morgan fingerprint density at radius 3 is 2.55 bits per heavy atom. The first-order valence-electron chi connectivity index (χ1n) is 9.40. The van der Waals surface area contributed by atoms with Gasteiger partial charge >= 0.3 is 0 Å². The average Bonchev–Trinajstić information content (AvgIpc) is 3.21. The standard InChI is InChI=1S/C22H21N5OS/c1-15(2)16-8-11-20(12-9-16)27-22(24-25-26-27)29-14-21(28)23-19-10-7-17-5-3-4-6-18(17)13-19/h3-13,15H,14H2,1-2H3,(H,23,28). The topological polar surface area (TPSA) is 72.7 Å². The predicted octanol–water partition coefficient (Wildman–Crippen LogP) is 4.67. The van der Waals surface area contributed by atoms with Crippen molar-refractivity contribution in [1.29, 1.82) is 0 Å². The molecular formula is C22H21N5OS. The first-order valence-corrected chi connectivity index (χ1v) is 10.4. The fraction of sp³-hybridized carbons (Fsp3) is 0.182. The van der Waals surface area contributed by atoms with Crippen LogP contribution in [0.4, 0.5) is 5.69 Å². The average molecular weight is 404 g/mol. The van der Waals surface area contributed by atoms with Gasteiger partial charge in [0, 0.05) is 5.69 Å². The van der Waals surface area contributed by atoms with Crippen molar-refractivity contribution >= 4 is 34.1 Å². The van der Waals surface area contributed by atoms with Crippen molar-refractivity contribution in [3.8, 4) is 5.69 Å². The van der Waals surface area contributed by atoms with E-state index in [1.807, 2.05) is 54.6 Å². The number of tetrazole rings is 1. The third-order valence-corrected chi connectivity index (χ3v) is 5.53. The number of nitrogens with zero attached hydrogens (tertiary/aromatic N) is 4. The normalized spacial score (nSPS) is 11.1. The maximum atomic E-state index is 12.4. The van der Waals surface area contributed by atoms with Crippen LogP contribution in [0.1, 0.15) is 25.3 Å². The van der Waals surface area contributed by atoms with E-state index in [0.717, 1.165) is 22.1 Å². The molecule has 4 rings (SSSR count). The Labute approximate surface area is 173 Å². The third kappa shape index (κ3) is 4.46. The fourth-order valence-electron chi connectivity index (χ4n) is 3.03. The Morgan fingerprint density at radius 1 is 1.03 bits per heavy atom. The molecule has 0 bridgehead atoms. The van der Waals surface area contributed by atoms with Gasteiger partial charge in [0.15, 0.2) is 0 Å². The van der Waals surface area contributed by atoms with E-state index in [-0.39, 0.29) is 11.7 Å². The van der Waals surface area contributed by atoms with Gasteiger partial charge in [-0.15, -0.1) is 5.10 Å². The number of hydrogen-bond acceptors (Lipinski definition) is 5. The van der Waals surface area contributed by atoms with Crippen LogP contribution in [0.5, 0.6) is 0 Å². The van der Waals surface area contributed by atoms with Gasteiger partial charge in [-0.05, 0) is 56.9 Å².